The summed E-state index contributed by atoms with van der Waals surface area (Å²) >= 11 is 6.15. The number of carbonyl (C=O) groups excluding carboxylic acids is 1. The smallest absolute Gasteiger partial charge is 0.223 e. The van der Waals surface area contributed by atoms with E-state index < -0.39 is 0 Å². The number of pyridine rings is 1. The summed E-state index contributed by atoms with van der Waals surface area (Å²) in [5, 5.41) is 3.85. The van der Waals surface area contributed by atoms with Crippen molar-refractivity contribution in [3.8, 4) is 0 Å². The molecule has 1 aromatic heterocycles. The predicted octanol–water partition coefficient (Wildman–Crippen LogP) is 2.23. The molecular formula is C14H18ClN3O. The standard InChI is InChI=1S/C14H18ClN3O/c15-12-2-1-7-16-13(12)18-8-5-11(6-9-18)17-14(19)10-3-4-10/h1-2,7,10-11H,3-6,8-9H2,(H,17,19). The molecule has 1 amide bonds. The summed E-state index contributed by atoms with van der Waals surface area (Å²) in [5.41, 5.74) is 0. The Balaban J connectivity index is 1.54. The Morgan fingerprint density at radius 2 is 2.05 bits per heavy atom. The monoisotopic (exact) mass is 279 g/mol. The van der Waals surface area contributed by atoms with Gasteiger partial charge in [0.2, 0.25) is 5.91 Å². The molecule has 0 atom stereocenters. The van der Waals surface area contributed by atoms with Gasteiger partial charge < -0.3 is 10.2 Å². The number of rotatable bonds is 3. The molecule has 0 bridgehead atoms. The number of hydrogen-bond donors (Lipinski definition) is 1. The minimum Gasteiger partial charge on any atom is -0.355 e. The first-order chi connectivity index (χ1) is 9.24. The van der Waals surface area contributed by atoms with Crippen LogP contribution in [0.3, 0.4) is 0 Å². The molecule has 2 fully saturated rings. The molecule has 0 spiro atoms. The molecule has 2 aliphatic rings. The van der Waals surface area contributed by atoms with Crippen molar-refractivity contribution in [3.63, 3.8) is 0 Å². The molecule has 5 heteroatoms. The lowest BCUT2D eigenvalue weighted by Gasteiger charge is -2.33. The van der Waals surface area contributed by atoms with Crippen LogP contribution in [0.5, 0.6) is 0 Å². The second-order valence-electron chi connectivity index (χ2n) is 5.35. The number of halogens is 1. The van der Waals surface area contributed by atoms with Gasteiger partial charge in [0.25, 0.3) is 0 Å². The van der Waals surface area contributed by atoms with E-state index in [0.717, 1.165) is 44.6 Å². The van der Waals surface area contributed by atoms with Crippen LogP contribution in [-0.4, -0.2) is 30.0 Å². The number of nitrogens with one attached hydrogen (secondary N) is 1. The summed E-state index contributed by atoms with van der Waals surface area (Å²) in [6.07, 6.45) is 5.82. The topological polar surface area (TPSA) is 45.2 Å². The Hall–Kier alpha value is -1.29. The molecule has 1 saturated carbocycles. The van der Waals surface area contributed by atoms with Crippen LogP contribution in [0.25, 0.3) is 0 Å². The van der Waals surface area contributed by atoms with E-state index in [4.69, 9.17) is 11.6 Å². The van der Waals surface area contributed by atoms with Crippen molar-refractivity contribution in [2.24, 2.45) is 5.92 Å². The van der Waals surface area contributed by atoms with Crippen LogP contribution in [0.1, 0.15) is 25.7 Å². The fourth-order valence-electron chi connectivity index (χ4n) is 2.51. The highest BCUT2D eigenvalue weighted by atomic mass is 35.5. The van der Waals surface area contributed by atoms with E-state index in [1.165, 1.54) is 0 Å². The van der Waals surface area contributed by atoms with Gasteiger partial charge in [-0.15, -0.1) is 0 Å². The van der Waals surface area contributed by atoms with Gasteiger partial charge in [-0.2, -0.15) is 0 Å². The van der Waals surface area contributed by atoms with Crippen LogP contribution in [0, 0.1) is 5.92 Å². The summed E-state index contributed by atoms with van der Waals surface area (Å²) in [4.78, 5) is 18.3. The van der Waals surface area contributed by atoms with Gasteiger partial charge in [-0.1, -0.05) is 11.6 Å². The van der Waals surface area contributed by atoms with Gasteiger partial charge in [0.05, 0.1) is 5.02 Å². The Bertz CT molecular complexity index is 468. The van der Waals surface area contributed by atoms with Gasteiger partial charge in [0.15, 0.2) is 0 Å². The average molecular weight is 280 g/mol. The number of amides is 1. The molecule has 0 aromatic carbocycles. The van der Waals surface area contributed by atoms with Gasteiger partial charge in [-0.05, 0) is 37.8 Å². The zero-order chi connectivity index (χ0) is 13.2. The molecule has 1 N–H and O–H groups in total. The Morgan fingerprint density at radius 3 is 2.68 bits per heavy atom. The maximum Gasteiger partial charge on any atom is 0.223 e. The molecule has 1 aliphatic heterocycles. The van der Waals surface area contributed by atoms with Crippen molar-refractivity contribution in [1.82, 2.24) is 10.3 Å². The number of nitrogens with zero attached hydrogens (tertiary/aromatic N) is 2. The minimum atomic E-state index is 0.245. The molecule has 2 heterocycles. The van der Waals surface area contributed by atoms with Gasteiger partial charge in [0, 0.05) is 31.2 Å². The summed E-state index contributed by atoms with van der Waals surface area (Å²) in [7, 11) is 0. The lowest BCUT2D eigenvalue weighted by molar-refractivity contribution is -0.123. The van der Waals surface area contributed by atoms with Crippen LogP contribution in [0.15, 0.2) is 18.3 Å². The quantitative estimate of drug-likeness (QED) is 0.923. The van der Waals surface area contributed by atoms with Crippen LogP contribution in [0.4, 0.5) is 5.82 Å². The van der Waals surface area contributed by atoms with Crippen molar-refractivity contribution in [3.05, 3.63) is 23.4 Å². The predicted molar refractivity (Wildman–Crippen MR) is 75.3 cm³/mol. The van der Waals surface area contributed by atoms with Crippen molar-refractivity contribution in [2.45, 2.75) is 31.7 Å². The average Bonchev–Trinajstić information content (AvgIpc) is 3.25. The van der Waals surface area contributed by atoms with Crippen molar-refractivity contribution < 1.29 is 4.79 Å². The second kappa shape index (κ2) is 5.37. The number of anilines is 1. The highest BCUT2D eigenvalue weighted by molar-refractivity contribution is 6.32. The van der Waals surface area contributed by atoms with E-state index in [-0.39, 0.29) is 5.91 Å². The molecule has 3 rings (SSSR count). The number of aromatic nitrogens is 1. The van der Waals surface area contributed by atoms with E-state index in [1.54, 1.807) is 6.20 Å². The molecule has 19 heavy (non-hydrogen) atoms. The number of piperidine rings is 1. The fraction of sp³-hybridized carbons (Fsp3) is 0.571. The molecule has 0 unspecified atom stereocenters. The first-order valence-corrected chi connectivity index (χ1v) is 7.27. The Morgan fingerprint density at radius 1 is 1.32 bits per heavy atom. The number of hydrogen-bond acceptors (Lipinski definition) is 3. The Kier molecular flexibility index (Phi) is 3.60. The van der Waals surface area contributed by atoms with Gasteiger partial charge in [0.1, 0.15) is 5.82 Å². The van der Waals surface area contributed by atoms with Crippen LogP contribution in [0.2, 0.25) is 5.02 Å². The maximum absolute atomic E-state index is 11.7. The normalized spacial score (nSPS) is 20.4. The largest absolute Gasteiger partial charge is 0.355 e. The summed E-state index contributed by atoms with van der Waals surface area (Å²) in [6, 6.07) is 4.02. The third-order valence-corrected chi connectivity index (χ3v) is 4.12. The molecule has 1 aliphatic carbocycles. The van der Waals surface area contributed by atoms with E-state index in [0.29, 0.717) is 17.0 Å². The zero-order valence-electron chi connectivity index (χ0n) is 10.8. The van der Waals surface area contributed by atoms with E-state index in [1.807, 2.05) is 12.1 Å². The van der Waals surface area contributed by atoms with Gasteiger partial charge >= 0.3 is 0 Å². The van der Waals surface area contributed by atoms with E-state index >= 15 is 0 Å². The van der Waals surface area contributed by atoms with Crippen LogP contribution in [-0.2, 0) is 4.79 Å². The number of carbonyl (C=O) groups is 1. The third-order valence-electron chi connectivity index (χ3n) is 3.83. The zero-order valence-corrected chi connectivity index (χ0v) is 11.6. The van der Waals surface area contributed by atoms with Crippen molar-refractivity contribution in [1.29, 1.82) is 0 Å². The van der Waals surface area contributed by atoms with Gasteiger partial charge in [-0.3, -0.25) is 4.79 Å². The second-order valence-corrected chi connectivity index (χ2v) is 5.76. The van der Waals surface area contributed by atoms with Crippen molar-refractivity contribution >= 4 is 23.3 Å². The van der Waals surface area contributed by atoms with Gasteiger partial charge in [-0.25, -0.2) is 4.98 Å². The summed E-state index contributed by atoms with van der Waals surface area (Å²) in [5.74, 6) is 1.40. The van der Waals surface area contributed by atoms with Crippen LogP contribution >= 0.6 is 11.6 Å². The Labute approximate surface area is 118 Å². The summed E-state index contributed by atoms with van der Waals surface area (Å²) in [6.45, 7) is 1.79. The molecule has 0 radical (unpaired) electrons. The first kappa shape index (κ1) is 12.7. The van der Waals surface area contributed by atoms with E-state index in [2.05, 4.69) is 15.2 Å². The minimum absolute atomic E-state index is 0.245. The SMILES string of the molecule is O=C(NC1CCN(c2ncccc2Cl)CC1)C1CC1. The molecule has 4 nitrogen and oxygen atoms in total. The van der Waals surface area contributed by atoms with Crippen LogP contribution < -0.4 is 10.2 Å². The highest BCUT2D eigenvalue weighted by Gasteiger charge is 2.32. The molecule has 1 aromatic rings. The lowest BCUT2D eigenvalue weighted by Crippen LogP contribution is -2.45. The van der Waals surface area contributed by atoms with Crippen molar-refractivity contribution in [2.75, 3.05) is 18.0 Å². The first-order valence-electron chi connectivity index (χ1n) is 6.90. The molecule has 102 valence electrons. The van der Waals surface area contributed by atoms with E-state index in [9.17, 15) is 4.79 Å². The molecular weight excluding hydrogens is 262 g/mol. The third kappa shape index (κ3) is 3.00. The lowest BCUT2D eigenvalue weighted by atomic mass is 10.0. The molecule has 1 saturated heterocycles. The fourth-order valence-corrected chi connectivity index (χ4v) is 2.75. The summed E-state index contributed by atoms with van der Waals surface area (Å²) < 4.78 is 0. The highest BCUT2D eigenvalue weighted by Crippen LogP contribution is 2.30. The maximum atomic E-state index is 11.7.